The van der Waals surface area contributed by atoms with Gasteiger partial charge in [0.05, 0.1) is 6.61 Å². The van der Waals surface area contributed by atoms with Crippen molar-refractivity contribution in [1.82, 2.24) is 5.43 Å². The van der Waals surface area contributed by atoms with Gasteiger partial charge in [-0.15, -0.1) is 0 Å². The van der Waals surface area contributed by atoms with Crippen LogP contribution < -0.4 is 11.3 Å². The SMILES string of the molecule is Cc1cscc1C(NN)C1=CCCCO1. The molecule has 4 heteroatoms. The summed E-state index contributed by atoms with van der Waals surface area (Å²) in [5.74, 6) is 6.56. The van der Waals surface area contributed by atoms with E-state index in [1.54, 1.807) is 11.3 Å². The van der Waals surface area contributed by atoms with E-state index in [1.165, 1.54) is 11.1 Å². The molecule has 1 aromatic heterocycles. The summed E-state index contributed by atoms with van der Waals surface area (Å²) in [5, 5.41) is 4.25. The van der Waals surface area contributed by atoms with Crippen LogP contribution in [-0.2, 0) is 4.74 Å². The van der Waals surface area contributed by atoms with Crippen molar-refractivity contribution in [3.63, 3.8) is 0 Å². The number of thiophene rings is 1. The van der Waals surface area contributed by atoms with E-state index in [4.69, 9.17) is 10.6 Å². The zero-order valence-electron chi connectivity index (χ0n) is 8.82. The zero-order valence-corrected chi connectivity index (χ0v) is 9.64. The van der Waals surface area contributed by atoms with E-state index < -0.39 is 0 Å². The van der Waals surface area contributed by atoms with Crippen molar-refractivity contribution in [2.45, 2.75) is 25.8 Å². The molecule has 1 aromatic rings. The summed E-state index contributed by atoms with van der Waals surface area (Å²) < 4.78 is 5.63. The van der Waals surface area contributed by atoms with E-state index in [0.29, 0.717) is 0 Å². The van der Waals surface area contributed by atoms with Crippen molar-refractivity contribution >= 4 is 11.3 Å². The second-order valence-corrected chi connectivity index (χ2v) is 4.45. The molecule has 0 saturated heterocycles. The van der Waals surface area contributed by atoms with Crippen LogP contribution in [0.4, 0.5) is 0 Å². The summed E-state index contributed by atoms with van der Waals surface area (Å²) in [6.45, 7) is 2.90. The Morgan fingerprint density at radius 3 is 2.93 bits per heavy atom. The van der Waals surface area contributed by atoms with Crippen molar-refractivity contribution in [3.8, 4) is 0 Å². The monoisotopic (exact) mass is 224 g/mol. The van der Waals surface area contributed by atoms with Crippen molar-refractivity contribution < 1.29 is 4.74 Å². The fourth-order valence-electron chi connectivity index (χ4n) is 1.77. The lowest BCUT2D eigenvalue weighted by Gasteiger charge is -2.23. The van der Waals surface area contributed by atoms with Crippen LogP contribution in [-0.4, -0.2) is 6.61 Å². The number of hydrazine groups is 1. The molecule has 2 heterocycles. The lowest BCUT2D eigenvalue weighted by atomic mass is 10.0. The lowest BCUT2D eigenvalue weighted by molar-refractivity contribution is 0.168. The molecule has 0 radical (unpaired) electrons. The Bertz CT molecular complexity index is 359. The van der Waals surface area contributed by atoms with Gasteiger partial charge in [-0.2, -0.15) is 11.3 Å². The third-order valence-electron chi connectivity index (χ3n) is 2.62. The van der Waals surface area contributed by atoms with E-state index in [2.05, 4.69) is 29.2 Å². The van der Waals surface area contributed by atoms with Gasteiger partial charge in [0.25, 0.3) is 0 Å². The molecule has 0 saturated carbocycles. The number of ether oxygens (including phenoxy) is 1. The first kappa shape index (κ1) is 10.7. The Morgan fingerprint density at radius 2 is 2.40 bits per heavy atom. The fourth-order valence-corrected chi connectivity index (χ4v) is 2.65. The number of rotatable bonds is 3. The number of aryl methyl sites for hydroxylation is 1. The topological polar surface area (TPSA) is 47.3 Å². The molecular weight excluding hydrogens is 208 g/mol. The number of nitrogens with one attached hydrogen (secondary N) is 1. The molecule has 2 rings (SSSR count). The molecule has 3 nitrogen and oxygen atoms in total. The predicted octanol–water partition coefficient (Wildman–Crippen LogP) is 2.26. The minimum atomic E-state index is 0.0107. The van der Waals surface area contributed by atoms with Crippen LogP contribution in [0.25, 0.3) is 0 Å². The second kappa shape index (κ2) is 4.79. The number of hydrogen-bond donors (Lipinski definition) is 2. The highest BCUT2D eigenvalue weighted by Crippen LogP contribution is 2.29. The molecule has 1 aliphatic rings. The zero-order chi connectivity index (χ0) is 10.7. The highest BCUT2D eigenvalue weighted by molar-refractivity contribution is 7.08. The van der Waals surface area contributed by atoms with Gasteiger partial charge >= 0.3 is 0 Å². The first-order valence-corrected chi connectivity index (χ1v) is 6.09. The van der Waals surface area contributed by atoms with Gasteiger partial charge in [-0.1, -0.05) is 0 Å². The first-order valence-electron chi connectivity index (χ1n) is 5.14. The predicted molar refractivity (Wildman–Crippen MR) is 62.4 cm³/mol. The minimum Gasteiger partial charge on any atom is -0.496 e. The summed E-state index contributed by atoms with van der Waals surface area (Å²) in [6, 6.07) is 0.0107. The molecule has 0 fully saturated rings. The van der Waals surface area contributed by atoms with Gasteiger partial charge in [0.2, 0.25) is 0 Å². The van der Waals surface area contributed by atoms with Crippen LogP contribution in [0.2, 0.25) is 0 Å². The average Bonchev–Trinajstić information content (AvgIpc) is 2.68. The van der Waals surface area contributed by atoms with Crippen molar-refractivity contribution in [1.29, 1.82) is 0 Å². The van der Waals surface area contributed by atoms with Gasteiger partial charge in [0, 0.05) is 0 Å². The highest BCUT2D eigenvalue weighted by atomic mass is 32.1. The Morgan fingerprint density at radius 1 is 1.53 bits per heavy atom. The summed E-state index contributed by atoms with van der Waals surface area (Å²) in [6.07, 6.45) is 4.31. The molecule has 1 unspecified atom stereocenters. The molecule has 1 atom stereocenters. The van der Waals surface area contributed by atoms with Crippen molar-refractivity contribution in [2.24, 2.45) is 5.84 Å². The van der Waals surface area contributed by atoms with Crippen LogP contribution >= 0.6 is 11.3 Å². The smallest absolute Gasteiger partial charge is 0.115 e. The van der Waals surface area contributed by atoms with Gasteiger partial charge in [-0.25, -0.2) is 5.43 Å². The van der Waals surface area contributed by atoms with E-state index in [-0.39, 0.29) is 6.04 Å². The maximum atomic E-state index is 5.63. The van der Waals surface area contributed by atoms with Crippen LogP contribution in [0, 0.1) is 6.92 Å². The molecule has 0 bridgehead atoms. The number of hydrogen-bond acceptors (Lipinski definition) is 4. The van der Waals surface area contributed by atoms with E-state index in [0.717, 1.165) is 25.2 Å². The molecule has 82 valence electrons. The Kier molecular flexibility index (Phi) is 3.41. The van der Waals surface area contributed by atoms with E-state index in [9.17, 15) is 0 Å². The summed E-state index contributed by atoms with van der Waals surface area (Å²) in [5.41, 5.74) is 5.31. The molecule has 15 heavy (non-hydrogen) atoms. The Labute approximate surface area is 93.9 Å². The van der Waals surface area contributed by atoms with Gasteiger partial charge in [0.15, 0.2) is 0 Å². The van der Waals surface area contributed by atoms with Crippen LogP contribution in [0.3, 0.4) is 0 Å². The van der Waals surface area contributed by atoms with Crippen LogP contribution in [0.1, 0.15) is 30.0 Å². The summed E-state index contributed by atoms with van der Waals surface area (Å²) >= 11 is 1.70. The molecular formula is C11H16N2OS. The third-order valence-corrected chi connectivity index (χ3v) is 3.50. The first-order chi connectivity index (χ1) is 7.33. The van der Waals surface area contributed by atoms with Gasteiger partial charge in [0.1, 0.15) is 11.8 Å². The van der Waals surface area contributed by atoms with E-state index >= 15 is 0 Å². The maximum absolute atomic E-state index is 5.63. The standard InChI is InChI=1S/C11H16N2OS/c1-8-6-15-7-9(8)11(13-12)10-4-2-3-5-14-10/h4,6-7,11,13H,2-3,5,12H2,1H3. The second-order valence-electron chi connectivity index (χ2n) is 3.71. The highest BCUT2D eigenvalue weighted by Gasteiger charge is 2.20. The van der Waals surface area contributed by atoms with Gasteiger partial charge in [-0.05, 0) is 47.7 Å². The van der Waals surface area contributed by atoms with Crippen LogP contribution in [0.5, 0.6) is 0 Å². The fraction of sp³-hybridized carbons (Fsp3) is 0.455. The van der Waals surface area contributed by atoms with Crippen LogP contribution in [0.15, 0.2) is 22.6 Å². The number of allylic oxidation sites excluding steroid dienone is 1. The summed E-state index contributed by atoms with van der Waals surface area (Å²) in [4.78, 5) is 0. The molecule has 0 spiro atoms. The normalized spacial score (nSPS) is 18.1. The molecule has 0 amide bonds. The molecule has 3 N–H and O–H groups in total. The average molecular weight is 224 g/mol. The third kappa shape index (κ3) is 2.22. The Hall–Kier alpha value is -0.840. The Balaban J connectivity index is 2.24. The molecule has 0 aromatic carbocycles. The molecule has 1 aliphatic heterocycles. The number of nitrogens with two attached hydrogens (primary N) is 1. The van der Waals surface area contributed by atoms with E-state index in [1.807, 2.05) is 0 Å². The van der Waals surface area contributed by atoms with Gasteiger partial charge < -0.3 is 4.74 Å². The van der Waals surface area contributed by atoms with Crippen molar-refractivity contribution in [3.05, 3.63) is 33.7 Å². The van der Waals surface area contributed by atoms with Crippen molar-refractivity contribution in [2.75, 3.05) is 6.61 Å². The maximum Gasteiger partial charge on any atom is 0.115 e. The quantitative estimate of drug-likeness (QED) is 0.611. The minimum absolute atomic E-state index is 0.0107. The van der Waals surface area contributed by atoms with Gasteiger partial charge in [-0.3, -0.25) is 5.84 Å². The molecule has 0 aliphatic carbocycles. The summed E-state index contributed by atoms with van der Waals surface area (Å²) in [7, 11) is 0. The largest absolute Gasteiger partial charge is 0.496 e. The lowest BCUT2D eigenvalue weighted by Crippen LogP contribution is -2.31.